The molecule has 9 nitrogen and oxygen atoms in total. The van der Waals surface area contributed by atoms with Gasteiger partial charge in [0.2, 0.25) is 0 Å². The first-order valence-corrected chi connectivity index (χ1v) is 36.5. The highest BCUT2D eigenvalue weighted by molar-refractivity contribution is 7.47. The van der Waals surface area contributed by atoms with E-state index >= 15 is 0 Å². The summed E-state index contributed by atoms with van der Waals surface area (Å²) in [6.07, 6.45) is 103. The van der Waals surface area contributed by atoms with Crippen LogP contribution in [0.15, 0.2) is 158 Å². The maximum atomic E-state index is 12.8. The van der Waals surface area contributed by atoms with Crippen LogP contribution in [-0.2, 0) is 32.7 Å². The molecule has 0 aliphatic heterocycles. The molecule has 0 aromatic carbocycles. The Kier molecular flexibility index (Phi) is 67.2. The van der Waals surface area contributed by atoms with E-state index in [2.05, 4.69) is 172 Å². The number of carbonyl (C=O) groups is 2. The Balaban J connectivity index is 3.99. The molecule has 0 rings (SSSR count). The van der Waals surface area contributed by atoms with Gasteiger partial charge in [-0.2, -0.15) is 0 Å². The number of unbranched alkanes of at least 4 members (excludes halogenated alkanes) is 25. The van der Waals surface area contributed by atoms with Gasteiger partial charge < -0.3 is 20.1 Å². The zero-order chi connectivity index (χ0) is 63.0. The standard InChI is InChI=1S/C77H128NO8P/c1-3-5-7-9-11-13-15-17-19-21-23-25-27-29-30-31-32-33-34-35-36-37-38-39-40-41-42-43-44-46-48-50-52-54-56-58-60-62-64-66-68-70-77(80)86-75(74-85-87(81,82)84-72-71-78)73-83-76(79)69-67-65-63-61-59-57-55-53-51-49-47-45-28-26-24-22-20-18-16-14-12-10-8-6-4-2/h5,7,11,13,16-19,22-25,29-30,32-33,35-36,38-39,41-42,44,46,50,52,75H,3-4,6,8-10,12,14-15,20-21,26-28,31,34,37,40,43,45,47-49,51,53-74,78H2,1-2H3,(H,81,82)/b7-5-,13-11-,18-16-,19-17-,24-22-,25-23-,30-29-,33-32-,36-35-,39-38-,42-41-,46-44-,52-50-. The van der Waals surface area contributed by atoms with Crippen molar-refractivity contribution in [2.24, 2.45) is 5.73 Å². The summed E-state index contributed by atoms with van der Waals surface area (Å²) in [4.78, 5) is 35.3. The topological polar surface area (TPSA) is 134 Å². The molecule has 2 atom stereocenters. The van der Waals surface area contributed by atoms with Crippen molar-refractivity contribution in [2.45, 2.75) is 290 Å². The Bertz CT molecular complexity index is 1980. The molecule has 0 amide bonds. The van der Waals surface area contributed by atoms with Gasteiger partial charge in [0.25, 0.3) is 0 Å². The smallest absolute Gasteiger partial charge is 0.462 e. The van der Waals surface area contributed by atoms with E-state index in [4.69, 9.17) is 24.3 Å². The number of hydrogen-bond donors (Lipinski definition) is 2. The van der Waals surface area contributed by atoms with Crippen molar-refractivity contribution < 1.29 is 37.6 Å². The number of phosphoric acid groups is 1. The Morgan fingerprint density at radius 2 is 0.632 bits per heavy atom. The number of phosphoric ester groups is 1. The van der Waals surface area contributed by atoms with Crippen LogP contribution < -0.4 is 5.73 Å². The predicted molar refractivity (Wildman–Crippen MR) is 376 cm³/mol. The van der Waals surface area contributed by atoms with Crippen molar-refractivity contribution in [1.29, 1.82) is 0 Å². The molecule has 0 fully saturated rings. The molecule has 0 radical (unpaired) electrons. The van der Waals surface area contributed by atoms with Gasteiger partial charge in [-0.25, -0.2) is 4.57 Å². The van der Waals surface area contributed by atoms with Gasteiger partial charge in [0.1, 0.15) is 6.61 Å². The van der Waals surface area contributed by atoms with Crippen molar-refractivity contribution in [2.75, 3.05) is 26.4 Å². The quantitative estimate of drug-likeness (QED) is 0.0264. The average molecular weight is 1230 g/mol. The zero-order valence-electron chi connectivity index (χ0n) is 55.4. The summed E-state index contributed by atoms with van der Waals surface area (Å²) in [5.41, 5.74) is 5.40. The second-order valence-corrected chi connectivity index (χ2v) is 24.1. The fraction of sp³-hybridized carbons (Fsp3) is 0.636. The summed E-state index contributed by atoms with van der Waals surface area (Å²) in [5.74, 6) is -0.845. The third-order valence-corrected chi connectivity index (χ3v) is 15.4. The van der Waals surface area contributed by atoms with Gasteiger partial charge in [0.15, 0.2) is 6.10 Å². The van der Waals surface area contributed by atoms with E-state index in [-0.39, 0.29) is 38.6 Å². The number of hydrogen-bond acceptors (Lipinski definition) is 8. The highest BCUT2D eigenvalue weighted by Crippen LogP contribution is 2.43. The SMILES string of the molecule is CC/C=C\C/C=C\C/C=C\C/C=C\C/C=C\C/C=C\C/C=C\C/C=C\C/C=C\C/C=C\C/C=C\CCCCCCCCCC(=O)OC(COC(=O)CCCCCCCCCCCCCCC/C=C\C/C=C\CCCCCCC)COP(=O)(O)OCCN. The highest BCUT2D eigenvalue weighted by atomic mass is 31.2. The summed E-state index contributed by atoms with van der Waals surface area (Å²) in [5, 5.41) is 0. The van der Waals surface area contributed by atoms with Crippen LogP contribution in [0.3, 0.4) is 0 Å². The summed E-state index contributed by atoms with van der Waals surface area (Å²) >= 11 is 0. The van der Waals surface area contributed by atoms with Crippen LogP contribution in [0.25, 0.3) is 0 Å². The van der Waals surface area contributed by atoms with Gasteiger partial charge in [-0.3, -0.25) is 18.6 Å². The van der Waals surface area contributed by atoms with Crippen molar-refractivity contribution in [3.05, 3.63) is 158 Å². The molecule has 0 aliphatic rings. The van der Waals surface area contributed by atoms with Crippen LogP contribution in [-0.4, -0.2) is 49.3 Å². The van der Waals surface area contributed by atoms with Gasteiger partial charge in [-0.15, -0.1) is 0 Å². The van der Waals surface area contributed by atoms with Gasteiger partial charge in [0, 0.05) is 19.4 Å². The molecule has 3 N–H and O–H groups in total. The lowest BCUT2D eigenvalue weighted by Crippen LogP contribution is -2.29. The van der Waals surface area contributed by atoms with Gasteiger partial charge in [-0.1, -0.05) is 300 Å². The molecule has 2 unspecified atom stereocenters. The molecular weight excluding hydrogens is 1100 g/mol. The first-order valence-electron chi connectivity index (χ1n) is 35.0. The van der Waals surface area contributed by atoms with E-state index in [0.717, 1.165) is 128 Å². The fourth-order valence-electron chi connectivity index (χ4n) is 9.26. The lowest BCUT2D eigenvalue weighted by atomic mass is 10.0. The van der Waals surface area contributed by atoms with Gasteiger partial charge in [0.05, 0.1) is 13.2 Å². The molecule has 0 aromatic heterocycles. The Hall–Kier alpha value is -4.37. The maximum absolute atomic E-state index is 12.8. The molecular formula is C77H128NO8P. The molecule has 0 spiro atoms. The summed E-state index contributed by atoms with van der Waals surface area (Å²) in [6.45, 7) is 3.61. The van der Waals surface area contributed by atoms with Crippen LogP contribution in [0.5, 0.6) is 0 Å². The van der Waals surface area contributed by atoms with E-state index in [9.17, 15) is 19.0 Å². The second-order valence-electron chi connectivity index (χ2n) is 22.7. The molecule has 0 saturated carbocycles. The van der Waals surface area contributed by atoms with E-state index in [1.165, 1.54) is 122 Å². The lowest BCUT2D eigenvalue weighted by molar-refractivity contribution is -0.161. The number of allylic oxidation sites excluding steroid dienone is 26. The van der Waals surface area contributed by atoms with Crippen LogP contribution >= 0.6 is 7.82 Å². The number of nitrogens with two attached hydrogens (primary N) is 1. The minimum absolute atomic E-state index is 0.0444. The van der Waals surface area contributed by atoms with E-state index in [0.29, 0.717) is 6.42 Å². The molecule has 87 heavy (non-hydrogen) atoms. The average Bonchev–Trinajstić information content (AvgIpc) is 3.65. The van der Waals surface area contributed by atoms with E-state index in [1.54, 1.807) is 0 Å². The number of ether oxygens (including phenoxy) is 2. The molecule has 0 aromatic rings. The monoisotopic (exact) mass is 1230 g/mol. The third-order valence-electron chi connectivity index (χ3n) is 14.4. The molecule has 0 aliphatic carbocycles. The highest BCUT2D eigenvalue weighted by Gasteiger charge is 2.26. The largest absolute Gasteiger partial charge is 0.472 e. The normalized spacial score (nSPS) is 13.9. The first kappa shape index (κ1) is 82.6. The van der Waals surface area contributed by atoms with Crippen molar-refractivity contribution in [3.8, 4) is 0 Å². The summed E-state index contributed by atoms with van der Waals surface area (Å²) in [7, 11) is -4.41. The van der Waals surface area contributed by atoms with Gasteiger partial charge in [-0.05, 0) is 128 Å². The fourth-order valence-corrected chi connectivity index (χ4v) is 10.0. The number of carbonyl (C=O) groups excluding carboxylic acids is 2. The maximum Gasteiger partial charge on any atom is 0.472 e. The molecule has 10 heteroatoms. The Morgan fingerprint density at radius 3 is 0.943 bits per heavy atom. The minimum atomic E-state index is -4.41. The zero-order valence-corrected chi connectivity index (χ0v) is 56.3. The summed E-state index contributed by atoms with van der Waals surface area (Å²) in [6, 6.07) is 0. The predicted octanol–water partition coefficient (Wildman–Crippen LogP) is 23.2. The molecule has 494 valence electrons. The molecule has 0 saturated heterocycles. The van der Waals surface area contributed by atoms with Crippen molar-refractivity contribution >= 4 is 19.8 Å². The van der Waals surface area contributed by atoms with Crippen LogP contribution in [0, 0.1) is 0 Å². The number of esters is 2. The summed E-state index contributed by atoms with van der Waals surface area (Å²) < 4.78 is 33.1. The van der Waals surface area contributed by atoms with Crippen molar-refractivity contribution in [1.82, 2.24) is 0 Å². The van der Waals surface area contributed by atoms with Crippen LogP contribution in [0.2, 0.25) is 0 Å². The molecule has 0 bridgehead atoms. The van der Waals surface area contributed by atoms with Crippen molar-refractivity contribution in [3.63, 3.8) is 0 Å². The Morgan fingerprint density at radius 1 is 0.356 bits per heavy atom. The number of rotatable bonds is 64. The van der Waals surface area contributed by atoms with Crippen LogP contribution in [0.1, 0.15) is 284 Å². The Labute approximate surface area is 534 Å². The third kappa shape index (κ3) is 70.6. The van der Waals surface area contributed by atoms with E-state index < -0.39 is 26.5 Å². The minimum Gasteiger partial charge on any atom is -0.462 e. The first-order chi connectivity index (χ1) is 42.8. The van der Waals surface area contributed by atoms with E-state index in [1.807, 2.05) is 0 Å². The van der Waals surface area contributed by atoms with Gasteiger partial charge >= 0.3 is 19.8 Å². The molecule has 0 heterocycles. The second kappa shape index (κ2) is 70.7. The lowest BCUT2D eigenvalue weighted by Gasteiger charge is -2.19. The van der Waals surface area contributed by atoms with Crippen LogP contribution in [0.4, 0.5) is 0 Å².